The van der Waals surface area contributed by atoms with Gasteiger partial charge in [-0.1, -0.05) is 0 Å². The van der Waals surface area contributed by atoms with Gasteiger partial charge in [-0.3, -0.25) is 4.79 Å². The second kappa shape index (κ2) is 5.34. The van der Waals surface area contributed by atoms with Crippen LogP contribution in [0.5, 0.6) is 0 Å². The summed E-state index contributed by atoms with van der Waals surface area (Å²) in [5, 5.41) is 3.07. The summed E-state index contributed by atoms with van der Waals surface area (Å²) in [7, 11) is 1.78. The van der Waals surface area contributed by atoms with Crippen LogP contribution in [0.1, 0.15) is 13.8 Å². The standard InChI is InChI=1S/C11H18N4O/c1-4-15(3)11(16)8(2)14-9-5-6-10(12)13-7-9/h5-8,14H,4H2,1-3H3,(H2,12,13). The highest BCUT2D eigenvalue weighted by atomic mass is 16.2. The predicted molar refractivity (Wildman–Crippen MR) is 65.0 cm³/mol. The molecule has 0 spiro atoms. The van der Waals surface area contributed by atoms with E-state index in [0.29, 0.717) is 12.4 Å². The number of hydrogen-bond donors (Lipinski definition) is 2. The molecule has 1 aromatic heterocycles. The molecule has 0 bridgehead atoms. The molecule has 1 rings (SSSR count). The van der Waals surface area contributed by atoms with Crippen molar-refractivity contribution in [1.82, 2.24) is 9.88 Å². The molecular weight excluding hydrogens is 204 g/mol. The second-order valence-corrected chi connectivity index (χ2v) is 3.69. The number of nitrogen functional groups attached to an aromatic ring is 1. The number of anilines is 2. The number of pyridine rings is 1. The Balaban J connectivity index is 2.60. The fraction of sp³-hybridized carbons (Fsp3) is 0.455. The van der Waals surface area contributed by atoms with Crippen molar-refractivity contribution in [3.63, 3.8) is 0 Å². The van der Waals surface area contributed by atoms with Gasteiger partial charge in [0, 0.05) is 13.6 Å². The quantitative estimate of drug-likeness (QED) is 0.795. The van der Waals surface area contributed by atoms with Gasteiger partial charge in [0.05, 0.1) is 11.9 Å². The molecule has 0 aliphatic carbocycles. The highest BCUT2D eigenvalue weighted by Crippen LogP contribution is 2.09. The first-order valence-corrected chi connectivity index (χ1v) is 5.27. The molecule has 5 heteroatoms. The average Bonchev–Trinajstić information content (AvgIpc) is 2.30. The third-order valence-electron chi connectivity index (χ3n) is 2.39. The zero-order valence-corrected chi connectivity index (χ0v) is 9.90. The lowest BCUT2D eigenvalue weighted by atomic mass is 10.2. The van der Waals surface area contributed by atoms with E-state index in [2.05, 4.69) is 10.3 Å². The normalized spacial score (nSPS) is 11.9. The van der Waals surface area contributed by atoms with Crippen LogP contribution in [0, 0.1) is 0 Å². The molecule has 0 radical (unpaired) electrons. The highest BCUT2D eigenvalue weighted by molar-refractivity contribution is 5.84. The smallest absolute Gasteiger partial charge is 0.244 e. The van der Waals surface area contributed by atoms with Crippen LogP contribution >= 0.6 is 0 Å². The van der Waals surface area contributed by atoms with Crippen molar-refractivity contribution in [2.75, 3.05) is 24.6 Å². The van der Waals surface area contributed by atoms with Gasteiger partial charge in [0.15, 0.2) is 0 Å². The Bertz CT molecular complexity index is 350. The summed E-state index contributed by atoms with van der Waals surface area (Å²) in [4.78, 5) is 17.4. The van der Waals surface area contributed by atoms with E-state index in [1.54, 1.807) is 30.3 Å². The van der Waals surface area contributed by atoms with E-state index in [1.165, 1.54) is 0 Å². The van der Waals surface area contributed by atoms with Crippen LogP contribution in [0.15, 0.2) is 18.3 Å². The van der Waals surface area contributed by atoms with Crippen LogP contribution in [-0.4, -0.2) is 35.4 Å². The molecule has 0 fully saturated rings. The molecule has 0 saturated heterocycles. The van der Waals surface area contributed by atoms with E-state index < -0.39 is 0 Å². The first kappa shape index (κ1) is 12.3. The van der Waals surface area contributed by atoms with Crippen molar-refractivity contribution in [1.29, 1.82) is 0 Å². The fourth-order valence-electron chi connectivity index (χ4n) is 1.29. The largest absolute Gasteiger partial charge is 0.384 e. The number of hydrogen-bond acceptors (Lipinski definition) is 4. The van der Waals surface area contributed by atoms with Crippen LogP contribution < -0.4 is 11.1 Å². The van der Waals surface area contributed by atoms with E-state index in [-0.39, 0.29) is 11.9 Å². The third-order valence-corrected chi connectivity index (χ3v) is 2.39. The number of rotatable bonds is 4. The molecule has 3 N–H and O–H groups in total. The summed E-state index contributed by atoms with van der Waals surface area (Å²) in [6.07, 6.45) is 1.62. The van der Waals surface area contributed by atoms with E-state index >= 15 is 0 Å². The first-order chi connectivity index (χ1) is 7.54. The van der Waals surface area contributed by atoms with Gasteiger partial charge in [0.1, 0.15) is 11.9 Å². The lowest BCUT2D eigenvalue weighted by molar-refractivity contribution is -0.130. The molecular formula is C11H18N4O. The minimum absolute atomic E-state index is 0.0549. The first-order valence-electron chi connectivity index (χ1n) is 5.27. The lowest BCUT2D eigenvalue weighted by Crippen LogP contribution is -2.38. The van der Waals surface area contributed by atoms with Gasteiger partial charge in [-0.25, -0.2) is 4.98 Å². The Morgan fingerprint density at radius 3 is 2.81 bits per heavy atom. The zero-order valence-electron chi connectivity index (χ0n) is 9.90. The van der Waals surface area contributed by atoms with Crippen LogP contribution in [0.3, 0.4) is 0 Å². The third kappa shape index (κ3) is 3.12. The van der Waals surface area contributed by atoms with Gasteiger partial charge in [0.25, 0.3) is 0 Å². The Kier molecular flexibility index (Phi) is 4.10. The van der Waals surface area contributed by atoms with Gasteiger partial charge in [-0.15, -0.1) is 0 Å². The summed E-state index contributed by atoms with van der Waals surface area (Å²) in [5.74, 6) is 0.523. The predicted octanol–water partition coefficient (Wildman–Crippen LogP) is 0.942. The van der Waals surface area contributed by atoms with E-state index in [4.69, 9.17) is 5.73 Å². The average molecular weight is 222 g/mol. The monoisotopic (exact) mass is 222 g/mol. The zero-order chi connectivity index (χ0) is 12.1. The van der Waals surface area contributed by atoms with E-state index in [1.807, 2.05) is 13.8 Å². The van der Waals surface area contributed by atoms with Gasteiger partial charge in [-0.2, -0.15) is 0 Å². The number of nitrogens with one attached hydrogen (secondary N) is 1. The molecule has 1 heterocycles. The molecule has 1 amide bonds. The van der Waals surface area contributed by atoms with Gasteiger partial charge in [-0.05, 0) is 26.0 Å². The number of nitrogens with zero attached hydrogens (tertiary/aromatic N) is 2. The van der Waals surface area contributed by atoms with Crippen molar-refractivity contribution < 1.29 is 4.79 Å². The molecule has 0 aromatic carbocycles. The van der Waals surface area contributed by atoms with Gasteiger partial charge >= 0.3 is 0 Å². The topological polar surface area (TPSA) is 71.2 Å². The number of carbonyl (C=O) groups is 1. The van der Waals surface area contributed by atoms with Crippen molar-refractivity contribution in [2.45, 2.75) is 19.9 Å². The fourth-order valence-corrected chi connectivity index (χ4v) is 1.29. The summed E-state index contributed by atoms with van der Waals surface area (Å²) in [5.41, 5.74) is 6.26. The minimum Gasteiger partial charge on any atom is -0.384 e. The molecule has 88 valence electrons. The van der Waals surface area contributed by atoms with Crippen LogP contribution in [0.2, 0.25) is 0 Å². The molecule has 0 aliphatic rings. The Morgan fingerprint density at radius 2 is 2.31 bits per heavy atom. The number of likely N-dealkylation sites (N-methyl/N-ethyl adjacent to an activating group) is 1. The Hall–Kier alpha value is -1.78. The van der Waals surface area contributed by atoms with E-state index in [0.717, 1.165) is 5.69 Å². The maximum Gasteiger partial charge on any atom is 0.244 e. The van der Waals surface area contributed by atoms with Crippen LogP contribution in [-0.2, 0) is 4.79 Å². The van der Waals surface area contributed by atoms with Crippen LogP contribution in [0.4, 0.5) is 11.5 Å². The van der Waals surface area contributed by atoms with E-state index in [9.17, 15) is 4.79 Å². The lowest BCUT2D eigenvalue weighted by Gasteiger charge is -2.21. The summed E-state index contributed by atoms with van der Waals surface area (Å²) in [6.45, 7) is 4.46. The van der Waals surface area contributed by atoms with Crippen molar-refractivity contribution >= 4 is 17.4 Å². The number of amides is 1. The maximum atomic E-state index is 11.8. The Morgan fingerprint density at radius 1 is 1.62 bits per heavy atom. The summed E-state index contributed by atoms with van der Waals surface area (Å²) in [6, 6.07) is 3.23. The van der Waals surface area contributed by atoms with Gasteiger partial charge in [0.2, 0.25) is 5.91 Å². The molecule has 0 aliphatic heterocycles. The number of aromatic nitrogens is 1. The Labute approximate surface area is 95.7 Å². The molecule has 0 saturated carbocycles. The number of carbonyl (C=O) groups excluding carboxylic acids is 1. The molecule has 1 unspecified atom stereocenters. The SMILES string of the molecule is CCN(C)C(=O)C(C)Nc1ccc(N)nc1. The summed E-state index contributed by atoms with van der Waals surface area (Å²) >= 11 is 0. The molecule has 1 atom stereocenters. The minimum atomic E-state index is -0.268. The molecule has 1 aromatic rings. The van der Waals surface area contributed by atoms with Crippen molar-refractivity contribution in [2.24, 2.45) is 0 Å². The van der Waals surface area contributed by atoms with Crippen molar-refractivity contribution in [3.8, 4) is 0 Å². The van der Waals surface area contributed by atoms with Gasteiger partial charge < -0.3 is 16.0 Å². The second-order valence-electron chi connectivity index (χ2n) is 3.69. The van der Waals surface area contributed by atoms with Crippen molar-refractivity contribution in [3.05, 3.63) is 18.3 Å². The maximum absolute atomic E-state index is 11.8. The number of nitrogens with two attached hydrogens (primary N) is 1. The van der Waals surface area contributed by atoms with Crippen LogP contribution in [0.25, 0.3) is 0 Å². The molecule has 5 nitrogen and oxygen atoms in total. The molecule has 16 heavy (non-hydrogen) atoms. The highest BCUT2D eigenvalue weighted by Gasteiger charge is 2.15. The summed E-state index contributed by atoms with van der Waals surface area (Å²) < 4.78 is 0.